The predicted molar refractivity (Wildman–Crippen MR) is 79.6 cm³/mol. The highest BCUT2D eigenvalue weighted by Gasteiger charge is 2.12. The average Bonchev–Trinajstić information content (AvgIpc) is 2.77. The van der Waals surface area contributed by atoms with Crippen molar-refractivity contribution < 1.29 is 4.79 Å². The van der Waals surface area contributed by atoms with E-state index in [0.717, 1.165) is 11.3 Å². The zero-order valence-corrected chi connectivity index (χ0v) is 12.6. The predicted octanol–water partition coefficient (Wildman–Crippen LogP) is 4.19. The highest BCUT2D eigenvalue weighted by Crippen LogP contribution is 2.30. The molecule has 0 radical (unpaired) electrons. The maximum atomic E-state index is 11.5. The molecular weight excluding hydrogens is 336 g/mol. The van der Waals surface area contributed by atoms with E-state index in [-0.39, 0.29) is 10.7 Å². The van der Waals surface area contributed by atoms with Crippen LogP contribution in [0.4, 0.5) is 5.13 Å². The van der Waals surface area contributed by atoms with E-state index >= 15 is 0 Å². The first kappa shape index (κ1) is 13.5. The van der Waals surface area contributed by atoms with Crippen molar-refractivity contribution in [3.63, 3.8) is 0 Å². The van der Waals surface area contributed by atoms with Gasteiger partial charge >= 0.3 is 0 Å². The fourth-order valence-electron chi connectivity index (χ4n) is 1.33. The summed E-state index contributed by atoms with van der Waals surface area (Å²) in [7, 11) is 0. The quantitative estimate of drug-likeness (QED) is 0.848. The van der Waals surface area contributed by atoms with Crippen LogP contribution in [0.15, 0.2) is 29.6 Å². The molecule has 0 saturated carbocycles. The van der Waals surface area contributed by atoms with Gasteiger partial charge in [0.1, 0.15) is 0 Å². The third-order valence-electron chi connectivity index (χ3n) is 2.25. The lowest BCUT2D eigenvalue weighted by Gasteiger charge is -2.02. The Bertz CT molecular complexity index is 571. The number of hydrogen-bond acceptors (Lipinski definition) is 3. The molecule has 1 atom stereocenters. The molecule has 1 aromatic heterocycles. The second-order valence-electron chi connectivity index (χ2n) is 3.62. The summed E-state index contributed by atoms with van der Waals surface area (Å²) in [5, 5.41) is 5.82. The van der Waals surface area contributed by atoms with E-state index in [1.807, 2.05) is 29.6 Å². The van der Waals surface area contributed by atoms with Crippen LogP contribution in [0.3, 0.4) is 0 Å². The van der Waals surface area contributed by atoms with Gasteiger partial charge in [0.05, 0.1) is 10.5 Å². The minimum Gasteiger partial charge on any atom is -0.301 e. The molecule has 0 aliphatic heterocycles. The molecule has 94 valence electrons. The van der Waals surface area contributed by atoms with Crippen molar-refractivity contribution in [3.05, 3.63) is 34.7 Å². The zero-order valence-electron chi connectivity index (χ0n) is 9.48. The lowest BCUT2D eigenvalue weighted by Crippen LogP contribution is -2.19. The lowest BCUT2D eigenvalue weighted by atomic mass is 10.2. The van der Waals surface area contributed by atoms with Crippen LogP contribution < -0.4 is 5.32 Å². The number of nitrogens with one attached hydrogen (secondary N) is 1. The normalized spacial score (nSPS) is 12.2. The highest BCUT2D eigenvalue weighted by molar-refractivity contribution is 9.10. The Labute approximate surface area is 122 Å². The number of halogens is 2. The number of amides is 1. The van der Waals surface area contributed by atoms with Crippen molar-refractivity contribution in [3.8, 4) is 11.3 Å². The van der Waals surface area contributed by atoms with Gasteiger partial charge in [0.25, 0.3) is 0 Å². The van der Waals surface area contributed by atoms with Crippen LogP contribution in [0, 0.1) is 0 Å². The Morgan fingerprint density at radius 3 is 2.89 bits per heavy atom. The summed E-state index contributed by atoms with van der Waals surface area (Å²) in [5.41, 5.74) is 1.63. The van der Waals surface area contributed by atoms with Crippen LogP contribution in [0.1, 0.15) is 6.92 Å². The van der Waals surface area contributed by atoms with Crippen LogP contribution in [0.25, 0.3) is 11.3 Å². The van der Waals surface area contributed by atoms with Gasteiger partial charge in [-0.2, -0.15) is 0 Å². The van der Waals surface area contributed by atoms with Gasteiger partial charge in [-0.05, 0) is 13.0 Å². The first-order valence-electron chi connectivity index (χ1n) is 5.23. The van der Waals surface area contributed by atoms with Crippen LogP contribution in [-0.2, 0) is 4.79 Å². The Kier molecular flexibility index (Phi) is 4.37. The molecule has 1 heterocycles. The summed E-state index contributed by atoms with van der Waals surface area (Å²) in [6.45, 7) is 1.76. The van der Waals surface area contributed by atoms with Crippen molar-refractivity contribution in [2.24, 2.45) is 0 Å². The van der Waals surface area contributed by atoms with Crippen molar-refractivity contribution in [2.75, 3.05) is 5.32 Å². The molecule has 0 saturated heterocycles. The molecule has 1 amide bonds. The molecular formula is C12H10BrClN2OS. The second kappa shape index (κ2) is 5.82. The molecule has 0 aliphatic carbocycles. The summed E-state index contributed by atoms with van der Waals surface area (Å²) in [5.74, 6) is -0.116. The number of nitrogens with zero attached hydrogens (tertiary/aromatic N) is 1. The Hall–Kier alpha value is -0.910. The Morgan fingerprint density at radius 1 is 1.50 bits per heavy atom. The van der Waals surface area contributed by atoms with Gasteiger partial charge in [0.2, 0.25) is 5.91 Å². The molecule has 0 aliphatic rings. The number of carbonyl (C=O) groups is 1. The van der Waals surface area contributed by atoms with Crippen molar-refractivity contribution in [2.45, 2.75) is 11.8 Å². The third kappa shape index (κ3) is 3.10. The number of rotatable bonds is 3. The van der Waals surface area contributed by atoms with Crippen molar-refractivity contribution in [1.29, 1.82) is 0 Å². The van der Waals surface area contributed by atoms with Crippen molar-refractivity contribution in [1.82, 2.24) is 4.98 Å². The maximum absolute atomic E-state index is 11.5. The van der Waals surface area contributed by atoms with Crippen LogP contribution >= 0.6 is 38.9 Å². The molecule has 1 N–H and O–H groups in total. The number of thiazole rings is 1. The van der Waals surface area contributed by atoms with E-state index in [4.69, 9.17) is 11.6 Å². The largest absolute Gasteiger partial charge is 0.301 e. The minimum absolute atomic E-state index is 0.116. The maximum Gasteiger partial charge on any atom is 0.239 e. The van der Waals surface area contributed by atoms with Crippen LogP contribution in [0.2, 0.25) is 5.02 Å². The first-order valence-corrected chi connectivity index (χ1v) is 7.40. The summed E-state index contributed by atoms with van der Waals surface area (Å²) in [6.07, 6.45) is 0. The third-order valence-corrected chi connectivity index (χ3v) is 3.75. The van der Waals surface area contributed by atoms with E-state index < -0.39 is 0 Å². The van der Waals surface area contributed by atoms with E-state index in [1.165, 1.54) is 11.3 Å². The van der Waals surface area contributed by atoms with Crippen LogP contribution in [0.5, 0.6) is 0 Å². The van der Waals surface area contributed by atoms with Gasteiger partial charge in [0, 0.05) is 16.0 Å². The number of aromatic nitrogens is 1. The summed E-state index contributed by atoms with van der Waals surface area (Å²) in [6, 6.07) is 7.48. The van der Waals surface area contributed by atoms with E-state index in [2.05, 4.69) is 26.2 Å². The highest BCUT2D eigenvalue weighted by atomic mass is 79.9. The van der Waals surface area contributed by atoms with E-state index in [9.17, 15) is 4.79 Å². The Balaban J connectivity index is 2.21. The van der Waals surface area contributed by atoms with Gasteiger partial charge in [-0.1, -0.05) is 45.7 Å². The summed E-state index contributed by atoms with van der Waals surface area (Å²) >= 11 is 10.7. The van der Waals surface area contributed by atoms with Gasteiger partial charge in [-0.25, -0.2) is 4.98 Å². The molecule has 1 unspecified atom stereocenters. The van der Waals surface area contributed by atoms with Gasteiger partial charge in [-0.15, -0.1) is 11.3 Å². The standard InChI is InChI=1S/C12H10BrClN2OS/c1-7(13)11(17)16-12-15-10(6-18-12)8-4-2-3-5-9(8)14/h2-7H,1H3,(H,15,16,17). The van der Waals surface area contributed by atoms with Crippen LogP contribution in [-0.4, -0.2) is 15.7 Å². The zero-order chi connectivity index (χ0) is 13.1. The minimum atomic E-state index is -0.245. The Morgan fingerprint density at radius 2 is 2.22 bits per heavy atom. The molecule has 0 fully saturated rings. The molecule has 18 heavy (non-hydrogen) atoms. The monoisotopic (exact) mass is 344 g/mol. The molecule has 1 aromatic carbocycles. The molecule has 6 heteroatoms. The molecule has 0 bridgehead atoms. The lowest BCUT2D eigenvalue weighted by molar-refractivity contribution is -0.115. The molecule has 2 aromatic rings. The number of anilines is 1. The fraction of sp³-hybridized carbons (Fsp3) is 0.167. The second-order valence-corrected chi connectivity index (χ2v) is 6.26. The SMILES string of the molecule is CC(Br)C(=O)Nc1nc(-c2ccccc2Cl)cs1. The van der Waals surface area contributed by atoms with E-state index in [1.54, 1.807) is 6.92 Å². The topological polar surface area (TPSA) is 42.0 Å². The smallest absolute Gasteiger partial charge is 0.239 e. The van der Waals surface area contributed by atoms with Crippen molar-refractivity contribution >= 4 is 49.9 Å². The number of alkyl halides is 1. The number of hydrogen-bond donors (Lipinski definition) is 1. The average molecular weight is 346 g/mol. The van der Waals surface area contributed by atoms with Gasteiger partial charge < -0.3 is 5.32 Å². The first-order chi connectivity index (χ1) is 8.58. The molecule has 0 spiro atoms. The summed E-state index contributed by atoms with van der Waals surface area (Å²) < 4.78 is 0. The summed E-state index contributed by atoms with van der Waals surface area (Å²) in [4.78, 5) is 15.6. The molecule has 3 nitrogen and oxygen atoms in total. The number of benzene rings is 1. The van der Waals surface area contributed by atoms with E-state index in [0.29, 0.717) is 10.2 Å². The van der Waals surface area contributed by atoms with Gasteiger partial charge in [0.15, 0.2) is 5.13 Å². The van der Waals surface area contributed by atoms with Gasteiger partial charge in [-0.3, -0.25) is 4.79 Å². The fourth-order valence-corrected chi connectivity index (χ4v) is 2.39. The molecule has 2 rings (SSSR count). The number of carbonyl (C=O) groups excluding carboxylic acids is 1.